The van der Waals surface area contributed by atoms with E-state index in [2.05, 4.69) is 18.3 Å². The van der Waals surface area contributed by atoms with E-state index in [0.29, 0.717) is 0 Å². The summed E-state index contributed by atoms with van der Waals surface area (Å²) >= 11 is 0. The summed E-state index contributed by atoms with van der Waals surface area (Å²) in [5.74, 6) is 0.934. The number of hydrogen-bond acceptors (Lipinski definition) is 3. The van der Waals surface area contributed by atoms with E-state index in [1.54, 1.807) is 0 Å². The average molecular weight is 251 g/mol. The maximum absolute atomic E-state index is 9.33. The molecule has 0 spiro atoms. The van der Waals surface area contributed by atoms with Gasteiger partial charge in [0.1, 0.15) is 5.75 Å². The Hall–Kier alpha value is -1.06. The maximum Gasteiger partial charge on any atom is 0.124 e. The summed E-state index contributed by atoms with van der Waals surface area (Å²) in [7, 11) is 0. The highest BCUT2D eigenvalue weighted by Gasteiger charge is 2.08. The fraction of sp³-hybridized carbons (Fsp3) is 0.600. The molecule has 0 aliphatic rings. The fourth-order valence-electron chi connectivity index (χ4n) is 1.90. The molecular weight excluding hydrogens is 226 g/mol. The highest BCUT2D eigenvalue weighted by Crippen LogP contribution is 2.19. The van der Waals surface area contributed by atoms with Gasteiger partial charge in [-0.1, -0.05) is 18.2 Å². The zero-order chi connectivity index (χ0) is 13.5. The van der Waals surface area contributed by atoms with Crippen LogP contribution in [0.4, 0.5) is 0 Å². The lowest BCUT2D eigenvalue weighted by atomic mass is 10.1. The van der Waals surface area contributed by atoms with Gasteiger partial charge in [0.15, 0.2) is 0 Å². The number of ether oxygens (including phenoxy) is 1. The number of para-hydroxylation sites is 1. The van der Waals surface area contributed by atoms with Crippen LogP contribution in [0.3, 0.4) is 0 Å². The molecule has 1 rings (SSSR count). The number of nitrogens with one attached hydrogen (secondary N) is 1. The van der Waals surface area contributed by atoms with E-state index in [4.69, 9.17) is 4.74 Å². The first kappa shape index (κ1) is 15.0. The third-order valence-electron chi connectivity index (χ3n) is 2.67. The molecule has 2 N–H and O–H groups in total. The van der Waals surface area contributed by atoms with Crippen LogP contribution in [-0.4, -0.2) is 23.4 Å². The highest BCUT2D eigenvalue weighted by atomic mass is 16.5. The van der Waals surface area contributed by atoms with Gasteiger partial charge in [-0.25, -0.2) is 0 Å². The third-order valence-corrected chi connectivity index (χ3v) is 2.67. The predicted octanol–water partition coefficient (Wildman–Crippen LogP) is 2.72. The first-order valence-electron chi connectivity index (χ1n) is 6.65. The lowest BCUT2D eigenvalue weighted by molar-refractivity contribution is 0.170. The number of aliphatic hydroxyl groups is 1. The summed E-state index contributed by atoms with van der Waals surface area (Å²) in [4.78, 5) is 0. The SMILES string of the molecule is CC(O)CC(C)NCc1ccccc1OC(C)C. The van der Waals surface area contributed by atoms with Crippen molar-refractivity contribution >= 4 is 0 Å². The van der Waals surface area contributed by atoms with Crippen molar-refractivity contribution in [1.82, 2.24) is 5.32 Å². The lowest BCUT2D eigenvalue weighted by Crippen LogP contribution is -2.29. The quantitative estimate of drug-likeness (QED) is 0.783. The second-order valence-electron chi connectivity index (χ2n) is 5.14. The van der Waals surface area contributed by atoms with Gasteiger partial charge in [-0.05, 0) is 40.2 Å². The number of aliphatic hydroxyl groups excluding tert-OH is 1. The van der Waals surface area contributed by atoms with Crippen LogP contribution in [0.2, 0.25) is 0 Å². The lowest BCUT2D eigenvalue weighted by Gasteiger charge is -2.18. The number of hydrogen-bond donors (Lipinski definition) is 2. The third kappa shape index (κ3) is 5.52. The van der Waals surface area contributed by atoms with Crippen molar-refractivity contribution in [3.63, 3.8) is 0 Å². The molecule has 1 aromatic rings. The molecule has 0 aromatic heterocycles. The summed E-state index contributed by atoms with van der Waals surface area (Å²) in [5, 5.41) is 12.7. The Morgan fingerprint density at radius 2 is 1.83 bits per heavy atom. The van der Waals surface area contributed by atoms with Gasteiger partial charge in [0.05, 0.1) is 12.2 Å². The molecule has 0 amide bonds. The molecule has 0 bridgehead atoms. The van der Waals surface area contributed by atoms with Crippen molar-refractivity contribution in [2.24, 2.45) is 0 Å². The van der Waals surface area contributed by atoms with E-state index in [0.717, 1.165) is 24.3 Å². The van der Waals surface area contributed by atoms with Crippen molar-refractivity contribution in [2.75, 3.05) is 0 Å². The molecule has 3 nitrogen and oxygen atoms in total. The molecule has 0 saturated carbocycles. The van der Waals surface area contributed by atoms with Crippen molar-refractivity contribution in [1.29, 1.82) is 0 Å². The number of rotatable bonds is 7. The summed E-state index contributed by atoms with van der Waals surface area (Å²) < 4.78 is 5.77. The van der Waals surface area contributed by atoms with Crippen molar-refractivity contribution in [3.05, 3.63) is 29.8 Å². The zero-order valence-corrected chi connectivity index (χ0v) is 11.8. The monoisotopic (exact) mass is 251 g/mol. The van der Waals surface area contributed by atoms with Crippen molar-refractivity contribution < 1.29 is 9.84 Å². The maximum atomic E-state index is 9.33. The standard InChI is InChI=1S/C15H25NO2/c1-11(2)18-15-8-6-5-7-14(15)10-16-12(3)9-13(4)17/h5-8,11-13,16-17H,9-10H2,1-4H3. The second-order valence-corrected chi connectivity index (χ2v) is 5.14. The van der Waals surface area contributed by atoms with Crippen molar-refractivity contribution in [3.8, 4) is 5.75 Å². The van der Waals surface area contributed by atoms with E-state index < -0.39 is 0 Å². The van der Waals surface area contributed by atoms with E-state index in [9.17, 15) is 5.11 Å². The molecule has 0 aliphatic heterocycles. The first-order chi connectivity index (χ1) is 8.49. The Labute approximate surface area is 110 Å². The van der Waals surface area contributed by atoms with Crippen LogP contribution < -0.4 is 10.1 Å². The van der Waals surface area contributed by atoms with Crippen LogP contribution >= 0.6 is 0 Å². The molecule has 0 radical (unpaired) electrons. The van der Waals surface area contributed by atoms with Gasteiger partial charge in [0, 0.05) is 18.2 Å². The van der Waals surface area contributed by atoms with Crippen LogP contribution in [0.15, 0.2) is 24.3 Å². The molecule has 3 heteroatoms. The molecule has 2 unspecified atom stereocenters. The van der Waals surface area contributed by atoms with E-state index in [1.165, 1.54) is 0 Å². The van der Waals surface area contributed by atoms with Crippen LogP contribution in [0, 0.1) is 0 Å². The minimum absolute atomic E-state index is 0.182. The topological polar surface area (TPSA) is 41.5 Å². The predicted molar refractivity (Wildman–Crippen MR) is 74.8 cm³/mol. The number of benzene rings is 1. The molecule has 102 valence electrons. The molecular formula is C15H25NO2. The van der Waals surface area contributed by atoms with Gasteiger partial charge in [0.2, 0.25) is 0 Å². The molecule has 1 aromatic carbocycles. The van der Waals surface area contributed by atoms with Gasteiger partial charge in [0.25, 0.3) is 0 Å². The largest absolute Gasteiger partial charge is 0.491 e. The Kier molecular flexibility index (Phi) is 6.16. The van der Waals surface area contributed by atoms with E-state index >= 15 is 0 Å². The Morgan fingerprint density at radius 1 is 1.17 bits per heavy atom. The summed E-state index contributed by atoms with van der Waals surface area (Å²) in [6.45, 7) is 8.71. The summed E-state index contributed by atoms with van der Waals surface area (Å²) in [6.07, 6.45) is 0.670. The summed E-state index contributed by atoms with van der Waals surface area (Å²) in [6, 6.07) is 8.36. The van der Waals surface area contributed by atoms with E-state index in [-0.39, 0.29) is 18.2 Å². The molecule has 0 aliphatic carbocycles. The Balaban J connectivity index is 2.55. The summed E-state index contributed by atoms with van der Waals surface area (Å²) in [5.41, 5.74) is 1.16. The van der Waals surface area contributed by atoms with Gasteiger partial charge in [-0.2, -0.15) is 0 Å². The van der Waals surface area contributed by atoms with Gasteiger partial charge < -0.3 is 15.2 Å². The first-order valence-corrected chi connectivity index (χ1v) is 6.65. The molecule has 18 heavy (non-hydrogen) atoms. The average Bonchev–Trinajstić information content (AvgIpc) is 2.26. The minimum atomic E-state index is -0.269. The normalized spacial score (nSPS) is 14.6. The smallest absolute Gasteiger partial charge is 0.124 e. The minimum Gasteiger partial charge on any atom is -0.491 e. The van der Waals surface area contributed by atoms with Gasteiger partial charge >= 0.3 is 0 Å². The zero-order valence-electron chi connectivity index (χ0n) is 11.8. The Morgan fingerprint density at radius 3 is 2.44 bits per heavy atom. The van der Waals surface area contributed by atoms with Crippen LogP contribution in [0.1, 0.15) is 39.7 Å². The van der Waals surface area contributed by atoms with E-state index in [1.807, 2.05) is 39.0 Å². The van der Waals surface area contributed by atoms with Crippen LogP contribution in [-0.2, 0) is 6.54 Å². The van der Waals surface area contributed by atoms with Crippen LogP contribution in [0.5, 0.6) is 5.75 Å². The van der Waals surface area contributed by atoms with Gasteiger partial charge in [-0.15, -0.1) is 0 Å². The Bertz CT molecular complexity index is 350. The fourth-order valence-corrected chi connectivity index (χ4v) is 1.90. The van der Waals surface area contributed by atoms with Crippen LogP contribution in [0.25, 0.3) is 0 Å². The molecule has 0 saturated heterocycles. The molecule has 0 heterocycles. The van der Waals surface area contributed by atoms with Crippen molar-refractivity contribution in [2.45, 2.75) is 58.9 Å². The molecule has 2 atom stereocenters. The molecule has 0 fully saturated rings. The van der Waals surface area contributed by atoms with Gasteiger partial charge in [-0.3, -0.25) is 0 Å². The second kappa shape index (κ2) is 7.39. The highest BCUT2D eigenvalue weighted by molar-refractivity contribution is 5.33.